The molecule has 1 rings (SSSR count). The molecule has 0 amide bonds. The van der Waals surface area contributed by atoms with Crippen LogP contribution in [-0.2, 0) is 0 Å². The van der Waals surface area contributed by atoms with Crippen LogP contribution < -0.4 is 11.1 Å². The summed E-state index contributed by atoms with van der Waals surface area (Å²) in [5.74, 6) is 1.04. The van der Waals surface area contributed by atoms with Gasteiger partial charge in [-0.1, -0.05) is 12.8 Å². The van der Waals surface area contributed by atoms with Crippen LogP contribution in [0.4, 0.5) is 0 Å². The molecule has 0 heterocycles. The van der Waals surface area contributed by atoms with Crippen molar-refractivity contribution in [3.63, 3.8) is 0 Å². The molecule has 60 valence electrons. The number of hydrogen-bond acceptors (Lipinski definition) is 2. The molecule has 1 fully saturated rings. The second-order valence-corrected chi connectivity index (χ2v) is 3.41. The fourth-order valence-electron chi connectivity index (χ4n) is 1.04. The molecule has 0 spiro atoms. The first-order chi connectivity index (χ1) is 4.79. The highest BCUT2D eigenvalue weighted by Gasteiger charge is 2.19. The third-order valence-corrected chi connectivity index (χ3v) is 1.89. The molecule has 1 aliphatic carbocycles. The molecule has 0 saturated heterocycles. The Kier molecular flexibility index (Phi) is 3.16. The second-order valence-electron chi connectivity index (χ2n) is 3.41. The van der Waals surface area contributed by atoms with Crippen LogP contribution in [0.3, 0.4) is 0 Å². The molecular weight excluding hydrogens is 124 g/mol. The summed E-state index contributed by atoms with van der Waals surface area (Å²) in [5.41, 5.74) is 5.56. The third kappa shape index (κ3) is 3.85. The fourth-order valence-corrected chi connectivity index (χ4v) is 1.04. The summed E-state index contributed by atoms with van der Waals surface area (Å²) in [7, 11) is 0. The summed E-state index contributed by atoms with van der Waals surface area (Å²) in [6.07, 6.45) is 4.27. The van der Waals surface area contributed by atoms with Gasteiger partial charge in [0.05, 0.1) is 0 Å². The van der Waals surface area contributed by atoms with E-state index in [2.05, 4.69) is 5.32 Å². The molecule has 0 aromatic rings. The normalized spacial score (nSPS) is 21.0. The lowest BCUT2D eigenvalue weighted by Gasteiger charge is -2.05. The summed E-state index contributed by atoms with van der Waals surface area (Å²) < 4.78 is 0. The largest absolute Gasteiger partial charge is 0.327 e. The van der Waals surface area contributed by atoms with Crippen molar-refractivity contribution in [2.45, 2.75) is 32.2 Å². The maximum atomic E-state index is 5.56. The average Bonchev–Trinajstić information content (AvgIpc) is 2.62. The van der Waals surface area contributed by atoms with Crippen LogP contribution >= 0.6 is 0 Å². The minimum atomic E-state index is 0.305. The highest BCUT2D eigenvalue weighted by atomic mass is 14.9. The van der Waals surface area contributed by atoms with E-state index in [1.165, 1.54) is 19.3 Å². The van der Waals surface area contributed by atoms with Crippen LogP contribution in [0.5, 0.6) is 0 Å². The van der Waals surface area contributed by atoms with E-state index in [0.29, 0.717) is 6.04 Å². The van der Waals surface area contributed by atoms with Gasteiger partial charge in [0, 0.05) is 12.6 Å². The smallest absolute Gasteiger partial charge is 0.0136 e. The van der Waals surface area contributed by atoms with Crippen molar-refractivity contribution in [3.05, 3.63) is 0 Å². The number of rotatable bonds is 5. The van der Waals surface area contributed by atoms with E-state index in [-0.39, 0.29) is 0 Å². The Morgan fingerprint density at radius 2 is 2.30 bits per heavy atom. The first-order valence-corrected chi connectivity index (χ1v) is 4.25. The molecule has 2 nitrogen and oxygen atoms in total. The van der Waals surface area contributed by atoms with Crippen molar-refractivity contribution >= 4 is 0 Å². The molecule has 0 bridgehead atoms. The third-order valence-electron chi connectivity index (χ3n) is 1.89. The van der Waals surface area contributed by atoms with E-state index >= 15 is 0 Å². The van der Waals surface area contributed by atoms with Gasteiger partial charge in [0.25, 0.3) is 0 Å². The minimum absolute atomic E-state index is 0.305. The zero-order chi connectivity index (χ0) is 7.40. The van der Waals surface area contributed by atoms with Gasteiger partial charge in [0.15, 0.2) is 0 Å². The van der Waals surface area contributed by atoms with E-state index in [4.69, 9.17) is 5.73 Å². The van der Waals surface area contributed by atoms with Gasteiger partial charge >= 0.3 is 0 Å². The van der Waals surface area contributed by atoms with Crippen LogP contribution in [0.25, 0.3) is 0 Å². The van der Waals surface area contributed by atoms with E-state index < -0.39 is 0 Å². The maximum Gasteiger partial charge on any atom is 0.0136 e. The van der Waals surface area contributed by atoms with Gasteiger partial charge in [0.1, 0.15) is 0 Å². The van der Waals surface area contributed by atoms with Gasteiger partial charge in [-0.05, 0) is 25.8 Å². The molecule has 1 atom stereocenters. The van der Waals surface area contributed by atoms with Crippen LogP contribution in [0.1, 0.15) is 26.2 Å². The van der Waals surface area contributed by atoms with Gasteiger partial charge in [-0.3, -0.25) is 0 Å². The Hall–Kier alpha value is -0.0800. The standard InChI is InChI=1S/C8H18N2/c1-7(9)6-10-5-4-8-2-3-8/h7-8,10H,2-6,9H2,1H3. The monoisotopic (exact) mass is 142 g/mol. The molecule has 1 aliphatic rings. The Morgan fingerprint density at radius 1 is 1.60 bits per heavy atom. The van der Waals surface area contributed by atoms with Crippen molar-refractivity contribution < 1.29 is 0 Å². The van der Waals surface area contributed by atoms with Gasteiger partial charge in [-0.25, -0.2) is 0 Å². The van der Waals surface area contributed by atoms with Crippen LogP contribution in [0, 0.1) is 5.92 Å². The van der Waals surface area contributed by atoms with E-state index in [9.17, 15) is 0 Å². The van der Waals surface area contributed by atoms with Crippen molar-refractivity contribution in [1.82, 2.24) is 5.32 Å². The Morgan fingerprint density at radius 3 is 2.80 bits per heavy atom. The lowest BCUT2D eigenvalue weighted by atomic mass is 10.3. The minimum Gasteiger partial charge on any atom is -0.327 e. The van der Waals surface area contributed by atoms with Crippen molar-refractivity contribution in [2.24, 2.45) is 11.7 Å². The zero-order valence-corrected chi connectivity index (χ0v) is 6.77. The molecule has 3 N–H and O–H groups in total. The van der Waals surface area contributed by atoms with Crippen molar-refractivity contribution in [3.8, 4) is 0 Å². The van der Waals surface area contributed by atoms with Crippen molar-refractivity contribution in [1.29, 1.82) is 0 Å². The Balaban J connectivity index is 1.76. The summed E-state index contributed by atoms with van der Waals surface area (Å²) >= 11 is 0. The molecule has 1 saturated carbocycles. The molecule has 0 aromatic heterocycles. The number of nitrogens with two attached hydrogens (primary N) is 1. The predicted octanol–water partition coefficient (Wildman–Crippen LogP) is 0.723. The maximum absolute atomic E-state index is 5.56. The van der Waals surface area contributed by atoms with E-state index in [1.54, 1.807) is 0 Å². The summed E-state index contributed by atoms with van der Waals surface area (Å²) in [6, 6.07) is 0.305. The van der Waals surface area contributed by atoms with E-state index in [1.807, 2.05) is 6.92 Å². The second kappa shape index (κ2) is 3.94. The quantitative estimate of drug-likeness (QED) is 0.555. The molecular formula is C8H18N2. The lowest BCUT2D eigenvalue weighted by molar-refractivity contribution is 0.571. The predicted molar refractivity (Wildman–Crippen MR) is 43.9 cm³/mol. The Labute approximate surface area is 63.2 Å². The molecule has 0 aromatic carbocycles. The van der Waals surface area contributed by atoms with Crippen LogP contribution in [0.2, 0.25) is 0 Å². The molecule has 0 aliphatic heterocycles. The lowest BCUT2D eigenvalue weighted by Crippen LogP contribution is -2.31. The summed E-state index contributed by atoms with van der Waals surface area (Å²) in [5, 5.41) is 3.33. The summed E-state index contributed by atoms with van der Waals surface area (Å²) in [6.45, 7) is 4.16. The van der Waals surface area contributed by atoms with Gasteiger partial charge < -0.3 is 11.1 Å². The van der Waals surface area contributed by atoms with Crippen molar-refractivity contribution in [2.75, 3.05) is 13.1 Å². The highest BCUT2D eigenvalue weighted by Crippen LogP contribution is 2.31. The highest BCUT2D eigenvalue weighted by molar-refractivity contribution is 4.73. The average molecular weight is 142 g/mol. The molecule has 10 heavy (non-hydrogen) atoms. The number of hydrogen-bond donors (Lipinski definition) is 2. The Bertz CT molecular complexity index is 83.3. The molecule has 2 heteroatoms. The SMILES string of the molecule is CC(N)CNCCC1CC1. The van der Waals surface area contributed by atoms with Gasteiger partial charge in [0.2, 0.25) is 0 Å². The first kappa shape index (κ1) is 8.02. The number of nitrogens with one attached hydrogen (secondary N) is 1. The molecule has 1 unspecified atom stereocenters. The molecule has 0 radical (unpaired) electrons. The van der Waals surface area contributed by atoms with Crippen LogP contribution in [-0.4, -0.2) is 19.1 Å². The fraction of sp³-hybridized carbons (Fsp3) is 1.00. The first-order valence-electron chi connectivity index (χ1n) is 4.25. The van der Waals surface area contributed by atoms with Gasteiger partial charge in [-0.15, -0.1) is 0 Å². The van der Waals surface area contributed by atoms with E-state index in [0.717, 1.165) is 19.0 Å². The topological polar surface area (TPSA) is 38.0 Å². The summed E-state index contributed by atoms with van der Waals surface area (Å²) in [4.78, 5) is 0. The van der Waals surface area contributed by atoms with Gasteiger partial charge in [-0.2, -0.15) is 0 Å². The zero-order valence-electron chi connectivity index (χ0n) is 6.77. The van der Waals surface area contributed by atoms with Crippen LogP contribution in [0.15, 0.2) is 0 Å².